The third kappa shape index (κ3) is 5.03. The molecule has 1 aromatic carbocycles. The summed E-state index contributed by atoms with van der Waals surface area (Å²) in [5.74, 6) is 1.82. The Morgan fingerprint density at radius 3 is 2.46 bits per heavy atom. The zero-order chi connectivity index (χ0) is 19.3. The SMILES string of the molecule is C#CCNC(=O)C[C@@H]1O[C@@H](CNS(=O)(=O)c2ccc(C)cc2)[C@@H](O)[C@H]1O. The number of hydrogen-bond acceptors (Lipinski definition) is 6. The molecule has 0 aliphatic carbocycles. The van der Waals surface area contributed by atoms with Crippen LogP contribution >= 0.6 is 0 Å². The van der Waals surface area contributed by atoms with E-state index in [0.717, 1.165) is 5.56 Å². The van der Waals surface area contributed by atoms with Crippen LogP contribution in [0.15, 0.2) is 29.2 Å². The quantitative estimate of drug-likeness (QED) is 0.444. The maximum atomic E-state index is 12.3. The minimum atomic E-state index is -3.78. The Kier molecular flexibility index (Phi) is 6.75. The molecule has 0 radical (unpaired) electrons. The van der Waals surface area contributed by atoms with Crippen LogP contribution in [0.5, 0.6) is 0 Å². The molecule has 4 atom stereocenters. The van der Waals surface area contributed by atoms with Crippen molar-refractivity contribution in [2.24, 2.45) is 0 Å². The molecule has 1 amide bonds. The predicted octanol–water partition coefficient (Wildman–Crippen LogP) is -1.10. The van der Waals surface area contributed by atoms with Gasteiger partial charge in [-0.1, -0.05) is 23.6 Å². The first-order valence-electron chi connectivity index (χ1n) is 8.02. The number of carbonyl (C=O) groups excluding carboxylic acids is 1. The van der Waals surface area contributed by atoms with Crippen LogP contribution in [0.2, 0.25) is 0 Å². The van der Waals surface area contributed by atoms with E-state index in [1.807, 2.05) is 6.92 Å². The molecule has 1 aliphatic heterocycles. The van der Waals surface area contributed by atoms with Crippen LogP contribution < -0.4 is 10.0 Å². The summed E-state index contributed by atoms with van der Waals surface area (Å²) in [6, 6.07) is 6.28. The molecule has 1 aliphatic rings. The van der Waals surface area contributed by atoms with Crippen molar-refractivity contribution in [1.82, 2.24) is 10.0 Å². The van der Waals surface area contributed by atoms with Crippen LogP contribution in [0.1, 0.15) is 12.0 Å². The first-order chi connectivity index (χ1) is 12.2. The summed E-state index contributed by atoms with van der Waals surface area (Å²) in [5.41, 5.74) is 0.924. The Morgan fingerprint density at radius 2 is 1.85 bits per heavy atom. The number of benzene rings is 1. The molecule has 0 unspecified atom stereocenters. The van der Waals surface area contributed by atoms with Crippen molar-refractivity contribution in [3.8, 4) is 12.3 Å². The maximum absolute atomic E-state index is 12.3. The van der Waals surface area contributed by atoms with Crippen molar-refractivity contribution < 1.29 is 28.2 Å². The van der Waals surface area contributed by atoms with Crippen LogP contribution in [0.3, 0.4) is 0 Å². The molecule has 0 aromatic heterocycles. The van der Waals surface area contributed by atoms with Gasteiger partial charge in [-0.05, 0) is 19.1 Å². The van der Waals surface area contributed by atoms with Gasteiger partial charge < -0.3 is 20.3 Å². The summed E-state index contributed by atoms with van der Waals surface area (Å²) in [6.07, 6.45) is 0.302. The van der Waals surface area contributed by atoms with Crippen molar-refractivity contribution in [3.05, 3.63) is 29.8 Å². The molecule has 8 nitrogen and oxygen atoms in total. The van der Waals surface area contributed by atoms with E-state index in [9.17, 15) is 23.4 Å². The number of sulfonamides is 1. The van der Waals surface area contributed by atoms with Crippen LogP contribution in [0.4, 0.5) is 0 Å². The van der Waals surface area contributed by atoms with E-state index in [1.165, 1.54) is 12.1 Å². The molecule has 4 N–H and O–H groups in total. The van der Waals surface area contributed by atoms with Crippen molar-refractivity contribution in [1.29, 1.82) is 0 Å². The van der Waals surface area contributed by atoms with Crippen LogP contribution in [-0.2, 0) is 19.6 Å². The van der Waals surface area contributed by atoms with Crippen LogP contribution in [0, 0.1) is 19.3 Å². The van der Waals surface area contributed by atoms with Crippen LogP contribution in [-0.4, -0.2) is 62.0 Å². The Labute approximate surface area is 152 Å². The third-order valence-electron chi connectivity index (χ3n) is 4.04. The van der Waals surface area contributed by atoms with E-state index in [1.54, 1.807) is 12.1 Å². The number of carbonyl (C=O) groups is 1. The van der Waals surface area contributed by atoms with Gasteiger partial charge >= 0.3 is 0 Å². The van der Waals surface area contributed by atoms with Gasteiger partial charge in [-0.3, -0.25) is 4.79 Å². The second-order valence-electron chi connectivity index (χ2n) is 6.04. The number of rotatable bonds is 7. The fourth-order valence-corrected chi connectivity index (χ4v) is 3.60. The lowest BCUT2D eigenvalue weighted by atomic mass is 10.1. The number of nitrogens with one attached hydrogen (secondary N) is 2. The summed E-state index contributed by atoms with van der Waals surface area (Å²) in [7, 11) is -3.78. The molecular formula is C17H22N2O6S. The van der Waals surface area contributed by atoms with E-state index in [4.69, 9.17) is 11.2 Å². The second kappa shape index (κ2) is 8.62. The zero-order valence-electron chi connectivity index (χ0n) is 14.3. The summed E-state index contributed by atoms with van der Waals surface area (Å²) in [5, 5.41) is 22.5. The Balaban J connectivity index is 1.94. The summed E-state index contributed by atoms with van der Waals surface area (Å²) < 4.78 is 32.3. The van der Waals surface area contributed by atoms with Crippen molar-refractivity contribution in [3.63, 3.8) is 0 Å². The number of ether oxygens (including phenoxy) is 1. The Bertz CT molecular complexity index is 771. The third-order valence-corrected chi connectivity index (χ3v) is 5.48. The fourth-order valence-electron chi connectivity index (χ4n) is 2.56. The average Bonchev–Trinajstić information content (AvgIpc) is 2.86. The van der Waals surface area contributed by atoms with E-state index >= 15 is 0 Å². The standard InChI is InChI=1S/C17H22N2O6S/c1-3-8-18-15(20)9-13-16(21)17(22)14(25-13)10-19-26(23,24)12-6-4-11(2)5-7-12/h1,4-7,13-14,16-17,19,21-22H,8-10H2,2H3,(H,18,20)/t13-,14-,16-,17+/m0/s1. The average molecular weight is 382 g/mol. The number of terminal acetylenes is 1. The molecule has 0 saturated carbocycles. The molecule has 1 heterocycles. The Hall–Kier alpha value is -1.96. The van der Waals surface area contributed by atoms with Gasteiger partial charge in [0.2, 0.25) is 15.9 Å². The lowest BCUT2D eigenvalue weighted by molar-refractivity contribution is -0.124. The van der Waals surface area contributed by atoms with Gasteiger partial charge in [-0.15, -0.1) is 6.42 Å². The lowest BCUT2D eigenvalue weighted by Crippen LogP contribution is -2.40. The number of amides is 1. The zero-order valence-corrected chi connectivity index (χ0v) is 15.1. The number of hydrogen-bond donors (Lipinski definition) is 4. The van der Waals surface area contributed by atoms with Gasteiger partial charge in [-0.25, -0.2) is 13.1 Å². The predicted molar refractivity (Wildman–Crippen MR) is 93.5 cm³/mol. The van der Waals surface area contributed by atoms with Crippen molar-refractivity contribution >= 4 is 15.9 Å². The van der Waals surface area contributed by atoms with Gasteiger partial charge in [0.05, 0.1) is 24.0 Å². The molecule has 0 spiro atoms. The Morgan fingerprint density at radius 1 is 1.23 bits per heavy atom. The minimum Gasteiger partial charge on any atom is -0.388 e. The van der Waals surface area contributed by atoms with E-state index in [0.29, 0.717) is 0 Å². The molecule has 1 aromatic rings. The van der Waals surface area contributed by atoms with Crippen molar-refractivity contribution in [2.75, 3.05) is 13.1 Å². The van der Waals surface area contributed by atoms with E-state index < -0.39 is 40.3 Å². The van der Waals surface area contributed by atoms with Gasteiger partial charge in [0.1, 0.15) is 18.3 Å². The highest BCUT2D eigenvalue weighted by Crippen LogP contribution is 2.23. The highest BCUT2D eigenvalue weighted by Gasteiger charge is 2.43. The maximum Gasteiger partial charge on any atom is 0.240 e. The molecule has 1 fully saturated rings. The first-order valence-corrected chi connectivity index (χ1v) is 9.51. The highest BCUT2D eigenvalue weighted by atomic mass is 32.2. The summed E-state index contributed by atoms with van der Waals surface area (Å²) >= 11 is 0. The normalized spacial score (nSPS) is 25.6. The van der Waals surface area contributed by atoms with Gasteiger partial charge in [0.25, 0.3) is 0 Å². The largest absolute Gasteiger partial charge is 0.388 e. The summed E-state index contributed by atoms with van der Waals surface area (Å²) in [6.45, 7) is 1.65. The lowest BCUT2D eigenvalue weighted by Gasteiger charge is -2.15. The number of aliphatic hydroxyl groups is 2. The topological polar surface area (TPSA) is 125 Å². The molecular weight excluding hydrogens is 360 g/mol. The minimum absolute atomic E-state index is 0.0456. The molecule has 0 bridgehead atoms. The molecule has 142 valence electrons. The van der Waals surface area contributed by atoms with Crippen molar-refractivity contribution in [2.45, 2.75) is 42.7 Å². The molecule has 9 heteroatoms. The van der Waals surface area contributed by atoms with Gasteiger partial charge in [0.15, 0.2) is 0 Å². The summed E-state index contributed by atoms with van der Waals surface area (Å²) in [4.78, 5) is 11.7. The van der Waals surface area contributed by atoms with E-state index in [2.05, 4.69) is 16.0 Å². The fraction of sp³-hybridized carbons (Fsp3) is 0.471. The van der Waals surface area contributed by atoms with Gasteiger partial charge in [0, 0.05) is 6.54 Å². The smallest absolute Gasteiger partial charge is 0.240 e. The number of aryl methyl sites for hydroxylation is 1. The monoisotopic (exact) mass is 382 g/mol. The highest BCUT2D eigenvalue weighted by molar-refractivity contribution is 7.89. The van der Waals surface area contributed by atoms with E-state index in [-0.39, 0.29) is 24.4 Å². The molecule has 2 rings (SSSR count). The molecule has 26 heavy (non-hydrogen) atoms. The number of aliphatic hydroxyl groups excluding tert-OH is 2. The van der Waals surface area contributed by atoms with Crippen LogP contribution in [0.25, 0.3) is 0 Å². The second-order valence-corrected chi connectivity index (χ2v) is 7.81. The van der Waals surface area contributed by atoms with Gasteiger partial charge in [-0.2, -0.15) is 0 Å². The first kappa shape index (κ1) is 20.4. The molecule has 1 saturated heterocycles.